The molecule has 2 aliphatic heterocycles. The van der Waals surface area contributed by atoms with Gasteiger partial charge >= 0.3 is 11.9 Å². The van der Waals surface area contributed by atoms with Crippen LogP contribution in [0.4, 0.5) is 11.4 Å². The van der Waals surface area contributed by atoms with E-state index in [4.69, 9.17) is 9.47 Å². The van der Waals surface area contributed by atoms with Crippen LogP contribution < -0.4 is 10.2 Å². The Morgan fingerprint density at radius 3 is 2.08 bits per heavy atom. The van der Waals surface area contributed by atoms with E-state index in [1.54, 1.807) is 32.9 Å². The van der Waals surface area contributed by atoms with Crippen molar-refractivity contribution >= 4 is 23.3 Å². The van der Waals surface area contributed by atoms with Gasteiger partial charge in [0.05, 0.1) is 28.6 Å². The zero-order chi connectivity index (χ0) is 27.9. The van der Waals surface area contributed by atoms with Crippen molar-refractivity contribution < 1.29 is 24.0 Å². The second-order valence-electron chi connectivity index (χ2n) is 9.50. The van der Waals surface area contributed by atoms with E-state index in [2.05, 4.69) is 27.2 Å². The molecule has 0 amide bonds. The van der Waals surface area contributed by atoms with E-state index in [0.29, 0.717) is 23.5 Å². The minimum Gasteiger partial charge on any atom is -0.463 e. The number of rotatable bonds is 9. The Balaban J connectivity index is 1.46. The van der Waals surface area contributed by atoms with Gasteiger partial charge in [-0.1, -0.05) is 30.3 Å². The Morgan fingerprint density at radius 2 is 1.51 bits per heavy atom. The standard InChI is InChI=1S/C29H34N4O6/c1-4-38-28(34)25-20(2)30-21(3)26(27(25)22-10-12-24(13-11-22)33(36)37)29(35)39-19-18-31-14-16-32(17-15-31)23-8-6-5-7-9-23/h5-13,27,30H,4,14-19H2,1-3H3. The molecule has 10 nitrogen and oxygen atoms in total. The highest BCUT2D eigenvalue weighted by Crippen LogP contribution is 2.39. The number of nitrogens with zero attached hydrogens (tertiary/aromatic N) is 3. The molecule has 0 aliphatic carbocycles. The number of piperazine rings is 1. The maximum atomic E-state index is 13.4. The van der Waals surface area contributed by atoms with Crippen molar-refractivity contribution in [1.29, 1.82) is 0 Å². The maximum absolute atomic E-state index is 13.4. The molecular weight excluding hydrogens is 500 g/mol. The number of hydrogen-bond donors (Lipinski definition) is 1. The summed E-state index contributed by atoms with van der Waals surface area (Å²) in [5.74, 6) is -1.88. The molecule has 0 spiro atoms. The van der Waals surface area contributed by atoms with Gasteiger partial charge < -0.3 is 19.7 Å². The van der Waals surface area contributed by atoms with Crippen LogP contribution in [-0.4, -0.2) is 67.7 Å². The van der Waals surface area contributed by atoms with E-state index in [1.807, 2.05) is 18.2 Å². The number of para-hydroxylation sites is 1. The molecule has 0 radical (unpaired) electrons. The molecule has 1 atom stereocenters. The summed E-state index contributed by atoms with van der Waals surface area (Å²) in [6, 6.07) is 16.1. The van der Waals surface area contributed by atoms with E-state index in [0.717, 1.165) is 26.2 Å². The predicted octanol–water partition coefficient (Wildman–Crippen LogP) is 3.76. The first-order valence-electron chi connectivity index (χ1n) is 13.1. The lowest BCUT2D eigenvalue weighted by molar-refractivity contribution is -0.384. The summed E-state index contributed by atoms with van der Waals surface area (Å²) in [6.45, 7) is 9.66. The number of anilines is 1. The lowest BCUT2D eigenvalue weighted by Crippen LogP contribution is -2.47. The summed E-state index contributed by atoms with van der Waals surface area (Å²) < 4.78 is 11.0. The smallest absolute Gasteiger partial charge is 0.336 e. The van der Waals surface area contributed by atoms with Crippen molar-refractivity contribution in [3.05, 3.63) is 92.8 Å². The molecule has 2 aromatic carbocycles. The Bertz CT molecular complexity index is 1260. The van der Waals surface area contributed by atoms with Crippen molar-refractivity contribution in [3.8, 4) is 0 Å². The summed E-state index contributed by atoms with van der Waals surface area (Å²) in [7, 11) is 0. The first kappa shape index (κ1) is 27.8. The van der Waals surface area contributed by atoms with Crippen LogP contribution in [0.15, 0.2) is 77.1 Å². The van der Waals surface area contributed by atoms with E-state index in [9.17, 15) is 19.7 Å². The van der Waals surface area contributed by atoms with Gasteiger partial charge in [-0.25, -0.2) is 9.59 Å². The van der Waals surface area contributed by atoms with Crippen molar-refractivity contribution in [2.45, 2.75) is 26.7 Å². The quantitative estimate of drug-likeness (QED) is 0.292. The van der Waals surface area contributed by atoms with Gasteiger partial charge in [0, 0.05) is 61.9 Å². The normalized spacial score (nSPS) is 18.0. The molecule has 1 fully saturated rings. The van der Waals surface area contributed by atoms with Crippen molar-refractivity contribution in [1.82, 2.24) is 10.2 Å². The first-order valence-corrected chi connectivity index (χ1v) is 13.1. The molecule has 10 heteroatoms. The average Bonchev–Trinajstić information content (AvgIpc) is 2.93. The van der Waals surface area contributed by atoms with E-state index in [1.165, 1.54) is 17.8 Å². The van der Waals surface area contributed by atoms with Crippen LogP contribution in [0.25, 0.3) is 0 Å². The first-order chi connectivity index (χ1) is 18.8. The van der Waals surface area contributed by atoms with Gasteiger partial charge in [0.2, 0.25) is 0 Å². The second-order valence-corrected chi connectivity index (χ2v) is 9.50. The highest BCUT2D eigenvalue weighted by molar-refractivity contribution is 5.99. The molecule has 2 aromatic rings. The van der Waals surface area contributed by atoms with Gasteiger partial charge in [0.15, 0.2) is 0 Å². The minimum absolute atomic E-state index is 0.0803. The molecule has 1 saturated heterocycles. The van der Waals surface area contributed by atoms with Crippen molar-refractivity contribution in [2.24, 2.45) is 0 Å². The fraction of sp³-hybridized carbons (Fsp3) is 0.379. The third kappa shape index (κ3) is 6.46. The molecule has 1 unspecified atom stereocenters. The van der Waals surface area contributed by atoms with E-state index < -0.39 is 22.8 Å². The Hall–Kier alpha value is -4.18. The fourth-order valence-electron chi connectivity index (χ4n) is 5.08. The van der Waals surface area contributed by atoms with Crippen LogP contribution in [0, 0.1) is 10.1 Å². The van der Waals surface area contributed by atoms with Gasteiger partial charge in [0.1, 0.15) is 6.61 Å². The number of benzene rings is 2. The third-order valence-corrected chi connectivity index (χ3v) is 7.05. The number of allylic oxidation sites excluding steroid dienone is 2. The lowest BCUT2D eigenvalue weighted by Gasteiger charge is -2.36. The van der Waals surface area contributed by atoms with Crippen molar-refractivity contribution in [2.75, 3.05) is 50.8 Å². The number of nitrogens with one attached hydrogen (secondary N) is 1. The van der Waals surface area contributed by atoms with E-state index in [-0.39, 0.29) is 30.0 Å². The maximum Gasteiger partial charge on any atom is 0.336 e. The number of nitro benzene ring substituents is 1. The molecule has 0 bridgehead atoms. The zero-order valence-corrected chi connectivity index (χ0v) is 22.5. The number of carbonyl (C=O) groups is 2. The lowest BCUT2D eigenvalue weighted by atomic mass is 9.80. The minimum atomic E-state index is -0.784. The molecule has 4 rings (SSSR count). The summed E-state index contributed by atoms with van der Waals surface area (Å²) in [5, 5.41) is 14.3. The average molecular weight is 535 g/mol. The second kappa shape index (κ2) is 12.6. The third-order valence-electron chi connectivity index (χ3n) is 7.05. The van der Waals surface area contributed by atoms with Crippen molar-refractivity contribution in [3.63, 3.8) is 0 Å². The van der Waals surface area contributed by atoms with Crippen LogP contribution in [0.2, 0.25) is 0 Å². The molecule has 2 heterocycles. The fourth-order valence-corrected chi connectivity index (χ4v) is 5.08. The molecule has 39 heavy (non-hydrogen) atoms. The van der Waals surface area contributed by atoms with Gasteiger partial charge in [0.25, 0.3) is 5.69 Å². The summed E-state index contributed by atoms with van der Waals surface area (Å²) in [6.07, 6.45) is 0. The van der Waals surface area contributed by atoms with Crippen LogP contribution in [0.3, 0.4) is 0 Å². The number of esters is 2. The number of carbonyl (C=O) groups excluding carboxylic acids is 2. The number of hydrogen-bond acceptors (Lipinski definition) is 9. The SMILES string of the molecule is CCOC(=O)C1=C(C)NC(C)=C(C(=O)OCCN2CCN(c3ccccc3)CC2)C1c1ccc([N+](=O)[O-])cc1. The summed E-state index contributed by atoms with van der Waals surface area (Å²) in [5.41, 5.74) is 3.36. The number of dihydropyridines is 1. The van der Waals surface area contributed by atoms with Crippen LogP contribution in [-0.2, 0) is 19.1 Å². The largest absolute Gasteiger partial charge is 0.463 e. The summed E-state index contributed by atoms with van der Waals surface area (Å²) >= 11 is 0. The van der Waals surface area contributed by atoms with Crippen LogP contribution >= 0.6 is 0 Å². The van der Waals surface area contributed by atoms with Gasteiger partial charge in [-0.05, 0) is 38.5 Å². The number of nitro groups is 1. The Morgan fingerprint density at radius 1 is 0.923 bits per heavy atom. The topological polar surface area (TPSA) is 114 Å². The molecule has 1 N–H and O–H groups in total. The predicted molar refractivity (Wildman–Crippen MR) is 147 cm³/mol. The molecule has 0 aromatic heterocycles. The van der Waals surface area contributed by atoms with E-state index >= 15 is 0 Å². The molecule has 2 aliphatic rings. The van der Waals surface area contributed by atoms with Crippen LogP contribution in [0.5, 0.6) is 0 Å². The Labute approximate surface area is 228 Å². The van der Waals surface area contributed by atoms with Crippen LogP contribution in [0.1, 0.15) is 32.3 Å². The van der Waals surface area contributed by atoms with Gasteiger partial charge in [-0.15, -0.1) is 0 Å². The number of non-ortho nitro benzene ring substituents is 1. The molecule has 0 saturated carbocycles. The molecule has 206 valence electrons. The highest BCUT2D eigenvalue weighted by atomic mass is 16.6. The summed E-state index contributed by atoms with van der Waals surface area (Å²) in [4.78, 5) is 41.7. The van der Waals surface area contributed by atoms with Gasteiger partial charge in [-0.3, -0.25) is 15.0 Å². The Kier molecular flexibility index (Phi) is 8.98. The highest BCUT2D eigenvalue weighted by Gasteiger charge is 2.38. The molecular formula is C29H34N4O6. The zero-order valence-electron chi connectivity index (χ0n) is 22.5. The monoisotopic (exact) mass is 534 g/mol. The van der Waals surface area contributed by atoms with Gasteiger partial charge in [-0.2, -0.15) is 0 Å². The number of ether oxygens (including phenoxy) is 2.